The summed E-state index contributed by atoms with van der Waals surface area (Å²) in [6.07, 6.45) is 3.69. The number of carbonyl (C=O) groups excluding carboxylic acids is 1. The number of aryl methyl sites for hydroxylation is 2. The monoisotopic (exact) mass is 196 g/mol. The number of oxazole rings is 1. The van der Waals surface area contributed by atoms with Crippen molar-refractivity contribution in [1.82, 2.24) is 10.3 Å². The van der Waals surface area contributed by atoms with E-state index in [0.29, 0.717) is 18.7 Å². The van der Waals surface area contributed by atoms with Crippen LogP contribution in [0.2, 0.25) is 0 Å². The minimum atomic E-state index is 0.0764. The van der Waals surface area contributed by atoms with Crippen molar-refractivity contribution in [1.29, 1.82) is 0 Å². The van der Waals surface area contributed by atoms with Crippen LogP contribution in [0.3, 0.4) is 0 Å². The second-order valence-corrected chi connectivity index (χ2v) is 3.21. The van der Waals surface area contributed by atoms with Crippen LogP contribution in [0.5, 0.6) is 0 Å². The Kier molecular flexibility index (Phi) is 4.16. The third-order valence-electron chi connectivity index (χ3n) is 1.85. The number of nitrogens with one attached hydrogen (secondary N) is 1. The number of aromatic nitrogens is 1. The first-order valence-corrected chi connectivity index (χ1v) is 4.90. The van der Waals surface area contributed by atoms with Crippen molar-refractivity contribution in [2.75, 3.05) is 6.54 Å². The molecule has 1 aromatic rings. The fourth-order valence-electron chi connectivity index (χ4n) is 1.12. The van der Waals surface area contributed by atoms with Crippen molar-refractivity contribution in [3.05, 3.63) is 17.8 Å². The molecule has 0 aliphatic rings. The van der Waals surface area contributed by atoms with Crippen molar-refractivity contribution in [2.24, 2.45) is 0 Å². The molecule has 4 nitrogen and oxygen atoms in total. The van der Waals surface area contributed by atoms with Crippen molar-refractivity contribution in [2.45, 2.75) is 33.1 Å². The molecular weight excluding hydrogens is 180 g/mol. The van der Waals surface area contributed by atoms with E-state index in [4.69, 9.17) is 4.42 Å². The summed E-state index contributed by atoms with van der Waals surface area (Å²) in [5, 5.41) is 2.81. The number of nitrogens with zero attached hydrogens (tertiary/aromatic N) is 1. The molecule has 78 valence electrons. The second-order valence-electron chi connectivity index (χ2n) is 3.21. The molecular formula is C10H16N2O2. The Bertz CT molecular complexity index is 294. The minimum Gasteiger partial charge on any atom is -0.449 e. The molecule has 0 saturated carbocycles. The van der Waals surface area contributed by atoms with E-state index in [1.54, 1.807) is 13.2 Å². The zero-order chi connectivity index (χ0) is 10.4. The zero-order valence-electron chi connectivity index (χ0n) is 8.67. The van der Waals surface area contributed by atoms with Crippen molar-refractivity contribution in [3.63, 3.8) is 0 Å². The molecule has 0 aliphatic heterocycles. The minimum absolute atomic E-state index is 0.0764. The standard InChI is InChI=1S/C10H16N2O2/c1-3-6-11-10(13)5-4-9-7-14-8(2)12-9/h7H,3-6H2,1-2H3,(H,11,13). The molecule has 14 heavy (non-hydrogen) atoms. The molecule has 0 atom stereocenters. The molecule has 4 heteroatoms. The summed E-state index contributed by atoms with van der Waals surface area (Å²) in [6, 6.07) is 0. The van der Waals surface area contributed by atoms with Gasteiger partial charge in [-0.2, -0.15) is 0 Å². The van der Waals surface area contributed by atoms with E-state index in [2.05, 4.69) is 10.3 Å². The van der Waals surface area contributed by atoms with Crippen LogP contribution in [0, 0.1) is 6.92 Å². The summed E-state index contributed by atoms with van der Waals surface area (Å²) in [7, 11) is 0. The first kappa shape index (κ1) is 10.8. The van der Waals surface area contributed by atoms with Gasteiger partial charge in [0.15, 0.2) is 5.89 Å². The summed E-state index contributed by atoms with van der Waals surface area (Å²) < 4.78 is 5.04. The lowest BCUT2D eigenvalue weighted by Gasteiger charge is -2.00. The number of hydrogen-bond donors (Lipinski definition) is 1. The van der Waals surface area contributed by atoms with Crippen LogP contribution < -0.4 is 5.32 Å². The van der Waals surface area contributed by atoms with Gasteiger partial charge in [-0.05, 0) is 6.42 Å². The van der Waals surface area contributed by atoms with Gasteiger partial charge in [-0.1, -0.05) is 6.92 Å². The maximum absolute atomic E-state index is 11.2. The fourth-order valence-corrected chi connectivity index (χ4v) is 1.12. The SMILES string of the molecule is CCCNC(=O)CCc1coc(C)n1. The molecule has 0 unspecified atom stereocenters. The van der Waals surface area contributed by atoms with Crippen LogP contribution in [0.15, 0.2) is 10.7 Å². The molecule has 0 radical (unpaired) electrons. The average molecular weight is 196 g/mol. The van der Waals surface area contributed by atoms with Crippen LogP contribution in [-0.4, -0.2) is 17.4 Å². The van der Waals surface area contributed by atoms with Crippen LogP contribution in [0.4, 0.5) is 0 Å². The maximum Gasteiger partial charge on any atom is 0.220 e. The number of hydrogen-bond acceptors (Lipinski definition) is 3. The lowest BCUT2D eigenvalue weighted by atomic mass is 10.2. The van der Waals surface area contributed by atoms with Crippen LogP contribution in [0.1, 0.15) is 31.4 Å². The van der Waals surface area contributed by atoms with E-state index in [-0.39, 0.29) is 5.91 Å². The third kappa shape index (κ3) is 3.60. The highest BCUT2D eigenvalue weighted by Crippen LogP contribution is 2.02. The van der Waals surface area contributed by atoms with Crippen LogP contribution in [0.25, 0.3) is 0 Å². The first-order chi connectivity index (χ1) is 6.72. The summed E-state index contributed by atoms with van der Waals surface area (Å²) >= 11 is 0. The molecule has 0 bridgehead atoms. The van der Waals surface area contributed by atoms with E-state index >= 15 is 0 Å². The Hall–Kier alpha value is -1.32. The van der Waals surface area contributed by atoms with Crippen molar-refractivity contribution in [3.8, 4) is 0 Å². The predicted molar refractivity (Wildman–Crippen MR) is 52.9 cm³/mol. The molecule has 1 aromatic heterocycles. The molecule has 1 heterocycles. The van der Waals surface area contributed by atoms with Gasteiger partial charge in [0.05, 0.1) is 5.69 Å². The highest BCUT2D eigenvalue weighted by Gasteiger charge is 2.04. The summed E-state index contributed by atoms with van der Waals surface area (Å²) in [5.41, 5.74) is 0.842. The van der Waals surface area contributed by atoms with Crippen molar-refractivity contribution < 1.29 is 9.21 Å². The topological polar surface area (TPSA) is 55.1 Å². The number of amides is 1. The second kappa shape index (κ2) is 5.42. The Morgan fingerprint density at radius 3 is 3.00 bits per heavy atom. The van der Waals surface area contributed by atoms with E-state index in [1.165, 1.54) is 0 Å². The van der Waals surface area contributed by atoms with Gasteiger partial charge in [0, 0.05) is 26.3 Å². The fraction of sp³-hybridized carbons (Fsp3) is 0.600. The lowest BCUT2D eigenvalue weighted by molar-refractivity contribution is -0.121. The van der Waals surface area contributed by atoms with Gasteiger partial charge in [-0.25, -0.2) is 4.98 Å². The lowest BCUT2D eigenvalue weighted by Crippen LogP contribution is -2.24. The molecule has 0 aromatic carbocycles. The molecule has 0 spiro atoms. The summed E-state index contributed by atoms with van der Waals surface area (Å²) in [5.74, 6) is 0.724. The highest BCUT2D eigenvalue weighted by molar-refractivity contribution is 5.75. The normalized spacial score (nSPS) is 10.1. The molecule has 1 amide bonds. The summed E-state index contributed by atoms with van der Waals surface area (Å²) in [4.78, 5) is 15.3. The van der Waals surface area contributed by atoms with Gasteiger partial charge in [-0.15, -0.1) is 0 Å². The van der Waals surface area contributed by atoms with E-state index in [0.717, 1.165) is 18.7 Å². The Labute approximate surface area is 83.7 Å². The molecule has 1 N–H and O–H groups in total. The van der Waals surface area contributed by atoms with Crippen LogP contribution in [-0.2, 0) is 11.2 Å². The average Bonchev–Trinajstić information content (AvgIpc) is 2.58. The van der Waals surface area contributed by atoms with Gasteiger partial charge in [-0.3, -0.25) is 4.79 Å². The highest BCUT2D eigenvalue weighted by atomic mass is 16.3. The Balaban J connectivity index is 2.23. The van der Waals surface area contributed by atoms with E-state index < -0.39 is 0 Å². The molecule has 0 aliphatic carbocycles. The summed E-state index contributed by atoms with van der Waals surface area (Å²) in [6.45, 7) is 4.57. The number of rotatable bonds is 5. The third-order valence-corrected chi connectivity index (χ3v) is 1.85. The number of carbonyl (C=O) groups is 1. The molecule has 1 rings (SSSR count). The van der Waals surface area contributed by atoms with E-state index in [1.807, 2.05) is 6.92 Å². The predicted octanol–water partition coefficient (Wildman–Crippen LogP) is 1.44. The first-order valence-electron chi connectivity index (χ1n) is 4.90. The van der Waals surface area contributed by atoms with E-state index in [9.17, 15) is 4.79 Å². The maximum atomic E-state index is 11.2. The largest absolute Gasteiger partial charge is 0.449 e. The zero-order valence-corrected chi connectivity index (χ0v) is 8.67. The quantitative estimate of drug-likeness (QED) is 0.775. The van der Waals surface area contributed by atoms with Gasteiger partial charge in [0.2, 0.25) is 5.91 Å². The van der Waals surface area contributed by atoms with Gasteiger partial charge < -0.3 is 9.73 Å². The Morgan fingerprint density at radius 2 is 2.43 bits per heavy atom. The van der Waals surface area contributed by atoms with Crippen LogP contribution >= 0.6 is 0 Å². The van der Waals surface area contributed by atoms with Gasteiger partial charge in [0.1, 0.15) is 6.26 Å². The Morgan fingerprint density at radius 1 is 1.64 bits per heavy atom. The van der Waals surface area contributed by atoms with Gasteiger partial charge in [0.25, 0.3) is 0 Å². The molecule has 0 fully saturated rings. The van der Waals surface area contributed by atoms with Crippen molar-refractivity contribution >= 4 is 5.91 Å². The molecule has 0 saturated heterocycles. The smallest absolute Gasteiger partial charge is 0.220 e. The van der Waals surface area contributed by atoms with Gasteiger partial charge >= 0.3 is 0 Å².